The second-order valence-electron chi connectivity index (χ2n) is 12.1. The van der Waals surface area contributed by atoms with E-state index in [9.17, 15) is 19.2 Å². The van der Waals surface area contributed by atoms with Crippen LogP contribution in [0.15, 0.2) is 82.8 Å². The van der Waals surface area contributed by atoms with Crippen LogP contribution in [0.1, 0.15) is 58.8 Å². The number of ether oxygens (including phenoxy) is 2. The van der Waals surface area contributed by atoms with Crippen LogP contribution in [0, 0.1) is 0 Å². The van der Waals surface area contributed by atoms with Gasteiger partial charge >= 0.3 is 11.9 Å². The van der Waals surface area contributed by atoms with Gasteiger partial charge in [0.1, 0.15) is 13.1 Å². The molecule has 2 heterocycles. The fourth-order valence-electron chi connectivity index (χ4n) is 6.15. The van der Waals surface area contributed by atoms with Crippen LogP contribution >= 0.6 is 22.7 Å². The number of hydrogen-bond donors (Lipinski definition) is 0. The molecule has 6 aromatic rings. The Bertz CT molecular complexity index is 2220. The molecular formula is C39H40N4O6S2. The molecule has 0 saturated heterocycles. The highest BCUT2D eigenvalue weighted by molar-refractivity contribution is 7.17. The van der Waals surface area contributed by atoms with Gasteiger partial charge in [-0.2, -0.15) is 9.98 Å². The topological polar surface area (TPSA) is 121 Å². The number of amides is 2. The zero-order valence-electron chi connectivity index (χ0n) is 28.8. The molecule has 51 heavy (non-hydrogen) atoms. The lowest BCUT2D eigenvalue weighted by Crippen LogP contribution is -2.23. The zero-order valence-corrected chi connectivity index (χ0v) is 30.4. The van der Waals surface area contributed by atoms with E-state index in [0.717, 1.165) is 61.2 Å². The molecule has 0 aliphatic carbocycles. The summed E-state index contributed by atoms with van der Waals surface area (Å²) in [5.41, 5.74) is 1.68. The molecule has 0 aliphatic heterocycles. The van der Waals surface area contributed by atoms with Crippen molar-refractivity contribution in [3.05, 3.63) is 82.4 Å². The number of aromatic nitrogens is 2. The minimum absolute atomic E-state index is 0.0193. The van der Waals surface area contributed by atoms with E-state index in [4.69, 9.17) is 9.47 Å². The average molecular weight is 725 g/mol. The van der Waals surface area contributed by atoms with E-state index in [-0.39, 0.29) is 50.1 Å². The molecule has 0 N–H and O–H groups in total. The maximum atomic E-state index is 13.0. The number of thiazole rings is 2. The molecule has 6 rings (SSSR count). The molecule has 0 radical (unpaired) electrons. The summed E-state index contributed by atoms with van der Waals surface area (Å²) >= 11 is 2.81. The summed E-state index contributed by atoms with van der Waals surface area (Å²) in [7, 11) is 0. The summed E-state index contributed by atoms with van der Waals surface area (Å²) in [6.07, 6.45) is 4.47. The Labute approximate surface area is 302 Å². The number of fused-ring (bicyclic) bond motifs is 6. The normalized spacial score (nSPS) is 12.4. The van der Waals surface area contributed by atoms with Crippen molar-refractivity contribution in [2.24, 2.45) is 9.98 Å². The molecule has 10 nitrogen and oxygen atoms in total. The fraction of sp³-hybridized carbons (Fsp3) is 0.333. The number of hydrogen-bond acceptors (Lipinski definition) is 8. The lowest BCUT2D eigenvalue weighted by molar-refractivity contribution is -0.144. The number of carbonyl (C=O) groups is 4. The lowest BCUT2D eigenvalue weighted by atomic mass is 10.1. The zero-order chi connectivity index (χ0) is 35.7. The Kier molecular flexibility index (Phi) is 11.8. The number of esters is 2. The van der Waals surface area contributed by atoms with Gasteiger partial charge in [-0.25, -0.2) is 0 Å². The van der Waals surface area contributed by atoms with Crippen LogP contribution < -0.4 is 9.60 Å². The van der Waals surface area contributed by atoms with Crippen molar-refractivity contribution in [3.8, 4) is 0 Å². The number of carbonyl (C=O) groups excluding carboxylic acids is 4. The van der Waals surface area contributed by atoms with Gasteiger partial charge in [-0.15, -0.1) is 0 Å². The van der Waals surface area contributed by atoms with Crippen molar-refractivity contribution >= 4 is 88.4 Å². The number of nitrogens with zero attached hydrogens (tertiary/aromatic N) is 4. The van der Waals surface area contributed by atoms with E-state index in [0.29, 0.717) is 35.3 Å². The first-order valence-electron chi connectivity index (χ1n) is 17.3. The fourth-order valence-corrected chi connectivity index (χ4v) is 8.52. The summed E-state index contributed by atoms with van der Waals surface area (Å²) in [6, 6.07) is 24.0. The molecule has 12 heteroatoms. The SMILES string of the molecule is CCOC(=O)Cn1c(=NC(=O)CCCCCCCC(=O)N=c2sc3c4ccccc4ccc3n2CC(=O)OCC)sc2c3ccccc3ccc21. The van der Waals surface area contributed by atoms with E-state index >= 15 is 0 Å². The standard InChI is InChI=1S/C39H40N4O6S2/c1-3-48-34(46)24-42-30-22-20-26-14-10-12-16-28(26)36(30)50-38(42)40-32(44)18-8-6-5-7-9-19-33(45)41-39-43(25-35(47)49-4-2)31-23-21-27-15-11-13-17-29(27)37(31)51-39/h10-17,20-23H,3-9,18-19,24-25H2,1-2H3. The Balaban J connectivity index is 1.05. The van der Waals surface area contributed by atoms with Crippen molar-refractivity contribution in [1.29, 1.82) is 0 Å². The van der Waals surface area contributed by atoms with Gasteiger partial charge < -0.3 is 18.6 Å². The van der Waals surface area contributed by atoms with Crippen LogP contribution in [-0.2, 0) is 41.7 Å². The third-order valence-corrected chi connectivity index (χ3v) is 10.8. The van der Waals surface area contributed by atoms with E-state index in [1.165, 1.54) is 22.7 Å². The summed E-state index contributed by atoms with van der Waals surface area (Å²) in [4.78, 5) is 60.6. The van der Waals surface area contributed by atoms with Crippen LogP contribution in [0.25, 0.3) is 42.0 Å². The first-order chi connectivity index (χ1) is 24.9. The van der Waals surface area contributed by atoms with Gasteiger partial charge in [0, 0.05) is 23.6 Å². The molecule has 0 aliphatic rings. The highest BCUT2D eigenvalue weighted by Crippen LogP contribution is 2.29. The minimum atomic E-state index is -0.376. The van der Waals surface area contributed by atoms with Gasteiger partial charge in [0.2, 0.25) is 11.8 Å². The van der Waals surface area contributed by atoms with Gasteiger partial charge in [-0.1, -0.05) is 103 Å². The maximum Gasteiger partial charge on any atom is 0.326 e. The smallest absolute Gasteiger partial charge is 0.326 e. The third kappa shape index (κ3) is 8.51. The molecular weight excluding hydrogens is 685 g/mol. The average Bonchev–Trinajstić information content (AvgIpc) is 3.64. The molecule has 2 aromatic heterocycles. The molecule has 0 bridgehead atoms. The number of benzene rings is 4. The van der Waals surface area contributed by atoms with Crippen LogP contribution in [0.4, 0.5) is 0 Å². The van der Waals surface area contributed by atoms with Gasteiger partial charge in [0.15, 0.2) is 9.60 Å². The summed E-state index contributed by atoms with van der Waals surface area (Å²) < 4.78 is 15.9. The van der Waals surface area contributed by atoms with E-state index in [1.54, 1.807) is 23.0 Å². The van der Waals surface area contributed by atoms with Gasteiger partial charge in [0.25, 0.3) is 0 Å². The second kappa shape index (κ2) is 16.8. The first-order valence-corrected chi connectivity index (χ1v) is 19.0. The predicted molar refractivity (Wildman–Crippen MR) is 201 cm³/mol. The van der Waals surface area contributed by atoms with Crippen molar-refractivity contribution in [2.75, 3.05) is 13.2 Å². The Hall–Kier alpha value is -4.94. The molecule has 2 amide bonds. The lowest BCUT2D eigenvalue weighted by Gasteiger charge is -2.06. The maximum absolute atomic E-state index is 13.0. The molecule has 264 valence electrons. The van der Waals surface area contributed by atoms with Crippen LogP contribution in [0.3, 0.4) is 0 Å². The highest BCUT2D eigenvalue weighted by atomic mass is 32.1. The number of unbranched alkanes of at least 4 members (excludes halogenated alkanes) is 4. The Morgan fingerprint density at radius 1 is 0.569 bits per heavy atom. The minimum Gasteiger partial charge on any atom is -0.465 e. The van der Waals surface area contributed by atoms with Crippen LogP contribution in [-0.4, -0.2) is 46.1 Å². The molecule has 0 atom stereocenters. The first kappa shape index (κ1) is 35.9. The van der Waals surface area contributed by atoms with Crippen LogP contribution in [0.5, 0.6) is 0 Å². The van der Waals surface area contributed by atoms with Crippen molar-refractivity contribution in [2.45, 2.75) is 71.9 Å². The Morgan fingerprint density at radius 2 is 0.980 bits per heavy atom. The van der Waals surface area contributed by atoms with Crippen molar-refractivity contribution in [3.63, 3.8) is 0 Å². The van der Waals surface area contributed by atoms with Crippen molar-refractivity contribution < 1.29 is 28.7 Å². The predicted octanol–water partition coefficient (Wildman–Crippen LogP) is 7.44. The number of rotatable bonds is 14. The van der Waals surface area contributed by atoms with Gasteiger partial charge in [-0.3, -0.25) is 19.2 Å². The molecule has 0 fully saturated rings. The summed E-state index contributed by atoms with van der Waals surface area (Å²) in [6.45, 7) is 4.05. The quantitative estimate of drug-likeness (QED) is 0.0851. The summed E-state index contributed by atoms with van der Waals surface area (Å²) in [5, 5.41) is 4.25. The molecule has 4 aromatic carbocycles. The van der Waals surface area contributed by atoms with E-state index < -0.39 is 0 Å². The van der Waals surface area contributed by atoms with Crippen LogP contribution in [0.2, 0.25) is 0 Å². The highest BCUT2D eigenvalue weighted by Gasteiger charge is 2.16. The summed E-state index contributed by atoms with van der Waals surface area (Å²) in [5.74, 6) is -1.22. The largest absolute Gasteiger partial charge is 0.465 e. The Morgan fingerprint density at radius 3 is 1.41 bits per heavy atom. The van der Waals surface area contributed by atoms with E-state index in [2.05, 4.69) is 9.98 Å². The molecule has 0 unspecified atom stereocenters. The van der Waals surface area contributed by atoms with E-state index in [1.807, 2.05) is 72.8 Å². The van der Waals surface area contributed by atoms with Gasteiger partial charge in [-0.05, 0) is 49.6 Å². The second-order valence-corrected chi connectivity index (χ2v) is 14.1. The van der Waals surface area contributed by atoms with Gasteiger partial charge in [0.05, 0.1) is 33.6 Å². The third-order valence-electron chi connectivity index (χ3n) is 8.55. The molecule has 0 saturated carbocycles. The molecule has 0 spiro atoms. The monoisotopic (exact) mass is 724 g/mol. The van der Waals surface area contributed by atoms with Crippen molar-refractivity contribution in [1.82, 2.24) is 9.13 Å².